The highest BCUT2D eigenvalue weighted by atomic mass is 16.2. The van der Waals surface area contributed by atoms with Crippen molar-refractivity contribution in [1.29, 1.82) is 0 Å². The Kier molecular flexibility index (Phi) is 1.71. The van der Waals surface area contributed by atoms with Crippen LogP contribution in [0.5, 0.6) is 0 Å². The van der Waals surface area contributed by atoms with E-state index in [0.717, 1.165) is 0 Å². The van der Waals surface area contributed by atoms with Gasteiger partial charge < -0.3 is 5.73 Å². The number of nitrogens with one attached hydrogen (secondary N) is 1. The van der Waals surface area contributed by atoms with Crippen molar-refractivity contribution in [1.82, 2.24) is 5.32 Å². The molecule has 1 rings (SSSR count). The Bertz CT molecular complexity index is 217. The number of carbonyl (C=O) groups excluding carboxylic acids is 1. The van der Waals surface area contributed by atoms with Gasteiger partial charge in [-0.1, -0.05) is 6.08 Å². The zero-order chi connectivity index (χ0) is 7.56. The van der Waals surface area contributed by atoms with E-state index in [-0.39, 0.29) is 11.9 Å². The number of carbonyl (C=O) groups is 1. The summed E-state index contributed by atoms with van der Waals surface area (Å²) in [6.45, 7) is 2.19. The van der Waals surface area contributed by atoms with Gasteiger partial charge in [-0.2, -0.15) is 0 Å². The number of rotatable bonds is 0. The SMILES string of the molecule is C/C=C1\CN=C(N)NC1=O. The first-order valence-corrected chi connectivity index (χ1v) is 3.00. The van der Waals surface area contributed by atoms with Crippen LogP contribution in [-0.2, 0) is 4.79 Å². The molecule has 0 spiro atoms. The summed E-state index contributed by atoms with van der Waals surface area (Å²) in [5, 5.41) is 2.40. The molecule has 0 atom stereocenters. The van der Waals surface area contributed by atoms with Crippen molar-refractivity contribution in [3.8, 4) is 0 Å². The predicted molar refractivity (Wildman–Crippen MR) is 38.4 cm³/mol. The van der Waals surface area contributed by atoms with Crippen LogP contribution in [0.3, 0.4) is 0 Å². The number of amides is 1. The lowest BCUT2D eigenvalue weighted by atomic mass is 10.2. The molecule has 4 nitrogen and oxygen atoms in total. The second-order valence-electron chi connectivity index (χ2n) is 1.97. The molecule has 3 N–H and O–H groups in total. The second-order valence-corrected chi connectivity index (χ2v) is 1.97. The van der Waals surface area contributed by atoms with E-state index < -0.39 is 0 Å². The summed E-state index contributed by atoms with van der Waals surface area (Å²) < 4.78 is 0. The van der Waals surface area contributed by atoms with Gasteiger partial charge >= 0.3 is 0 Å². The Morgan fingerprint density at radius 3 is 3.00 bits per heavy atom. The molecule has 0 aromatic rings. The summed E-state index contributed by atoms with van der Waals surface area (Å²) in [5.41, 5.74) is 5.89. The quantitative estimate of drug-likeness (QED) is 0.439. The van der Waals surface area contributed by atoms with Crippen LogP contribution in [0.25, 0.3) is 0 Å². The van der Waals surface area contributed by atoms with Gasteiger partial charge in [0.25, 0.3) is 5.91 Å². The maximum absolute atomic E-state index is 10.9. The monoisotopic (exact) mass is 139 g/mol. The van der Waals surface area contributed by atoms with Gasteiger partial charge in [0.05, 0.1) is 6.54 Å². The van der Waals surface area contributed by atoms with Crippen LogP contribution >= 0.6 is 0 Å². The molecule has 4 heteroatoms. The van der Waals surface area contributed by atoms with E-state index in [2.05, 4.69) is 10.3 Å². The van der Waals surface area contributed by atoms with E-state index in [1.807, 2.05) is 0 Å². The third-order valence-corrected chi connectivity index (χ3v) is 1.30. The first-order chi connectivity index (χ1) is 4.74. The number of nitrogens with zero attached hydrogens (tertiary/aromatic N) is 1. The van der Waals surface area contributed by atoms with Crippen molar-refractivity contribution < 1.29 is 4.79 Å². The Balaban J connectivity index is 2.80. The zero-order valence-electron chi connectivity index (χ0n) is 5.72. The molecule has 0 saturated heterocycles. The van der Waals surface area contributed by atoms with Gasteiger partial charge in [0, 0.05) is 5.57 Å². The molecule has 0 aliphatic carbocycles. The average Bonchev–Trinajstić information content (AvgIpc) is 1.88. The highest BCUT2D eigenvalue weighted by Crippen LogP contribution is 1.98. The summed E-state index contributed by atoms with van der Waals surface area (Å²) >= 11 is 0. The highest BCUT2D eigenvalue weighted by Gasteiger charge is 2.13. The first kappa shape index (κ1) is 6.80. The molecule has 0 radical (unpaired) electrons. The minimum absolute atomic E-state index is 0.144. The molecule has 54 valence electrons. The van der Waals surface area contributed by atoms with Gasteiger partial charge in [0.2, 0.25) is 0 Å². The summed E-state index contributed by atoms with van der Waals surface area (Å²) in [6.07, 6.45) is 1.73. The predicted octanol–water partition coefficient (Wildman–Crippen LogP) is -0.623. The van der Waals surface area contributed by atoms with Crippen molar-refractivity contribution >= 4 is 11.9 Å². The van der Waals surface area contributed by atoms with Gasteiger partial charge in [-0.15, -0.1) is 0 Å². The Labute approximate surface area is 58.8 Å². The van der Waals surface area contributed by atoms with Crippen LogP contribution in [0.15, 0.2) is 16.6 Å². The fourth-order valence-corrected chi connectivity index (χ4v) is 0.701. The minimum Gasteiger partial charge on any atom is -0.370 e. The highest BCUT2D eigenvalue weighted by molar-refractivity contribution is 6.07. The number of hydrogen-bond acceptors (Lipinski definition) is 3. The van der Waals surface area contributed by atoms with Gasteiger partial charge in [-0.25, -0.2) is 4.99 Å². The molecule has 0 saturated carbocycles. The van der Waals surface area contributed by atoms with Crippen molar-refractivity contribution in [2.24, 2.45) is 10.7 Å². The van der Waals surface area contributed by atoms with Crippen LogP contribution in [0.4, 0.5) is 0 Å². The molecule has 0 fully saturated rings. The van der Waals surface area contributed by atoms with Gasteiger partial charge in [-0.3, -0.25) is 10.1 Å². The molecule has 0 aromatic heterocycles. The van der Waals surface area contributed by atoms with Crippen molar-refractivity contribution in [3.05, 3.63) is 11.6 Å². The zero-order valence-corrected chi connectivity index (χ0v) is 5.72. The van der Waals surface area contributed by atoms with E-state index in [9.17, 15) is 4.79 Å². The second kappa shape index (κ2) is 2.51. The molecule has 0 aromatic carbocycles. The van der Waals surface area contributed by atoms with Gasteiger partial charge in [0.15, 0.2) is 5.96 Å². The average molecular weight is 139 g/mol. The standard InChI is InChI=1S/C6H9N3O/c1-2-4-3-8-6(7)9-5(4)10/h2H,3H2,1H3,(H3,7,8,9,10)/b4-2+. The number of nitrogens with two attached hydrogens (primary N) is 1. The third kappa shape index (κ3) is 1.15. The molecule has 1 heterocycles. The fourth-order valence-electron chi connectivity index (χ4n) is 0.701. The fraction of sp³-hybridized carbons (Fsp3) is 0.333. The maximum Gasteiger partial charge on any atom is 0.255 e. The lowest BCUT2D eigenvalue weighted by Gasteiger charge is -2.11. The molecular weight excluding hydrogens is 130 g/mol. The van der Waals surface area contributed by atoms with Gasteiger partial charge in [0.1, 0.15) is 0 Å². The van der Waals surface area contributed by atoms with Crippen LogP contribution in [0, 0.1) is 0 Å². The molecule has 1 aliphatic heterocycles. The Hall–Kier alpha value is -1.32. The Morgan fingerprint density at radius 2 is 2.50 bits per heavy atom. The molecule has 10 heavy (non-hydrogen) atoms. The third-order valence-electron chi connectivity index (χ3n) is 1.30. The summed E-state index contributed by atoms with van der Waals surface area (Å²) in [7, 11) is 0. The van der Waals surface area contributed by atoms with E-state index in [4.69, 9.17) is 5.73 Å². The van der Waals surface area contributed by atoms with Crippen LogP contribution in [0.2, 0.25) is 0 Å². The van der Waals surface area contributed by atoms with Crippen molar-refractivity contribution in [2.75, 3.05) is 6.54 Å². The lowest BCUT2D eigenvalue weighted by Crippen LogP contribution is -2.41. The number of hydrogen-bond donors (Lipinski definition) is 2. The largest absolute Gasteiger partial charge is 0.370 e. The molecule has 0 unspecified atom stereocenters. The van der Waals surface area contributed by atoms with Crippen LogP contribution in [-0.4, -0.2) is 18.4 Å². The van der Waals surface area contributed by atoms with E-state index in [1.54, 1.807) is 13.0 Å². The minimum atomic E-state index is -0.144. The topological polar surface area (TPSA) is 67.5 Å². The molecule has 0 bridgehead atoms. The van der Waals surface area contributed by atoms with E-state index in [1.165, 1.54) is 0 Å². The van der Waals surface area contributed by atoms with Crippen molar-refractivity contribution in [3.63, 3.8) is 0 Å². The van der Waals surface area contributed by atoms with Gasteiger partial charge in [-0.05, 0) is 6.92 Å². The summed E-state index contributed by atoms with van der Waals surface area (Å²) in [5.74, 6) is 0.0607. The number of aliphatic imine (C=N–C) groups is 1. The van der Waals surface area contributed by atoms with Crippen molar-refractivity contribution in [2.45, 2.75) is 6.92 Å². The lowest BCUT2D eigenvalue weighted by molar-refractivity contribution is -0.116. The smallest absolute Gasteiger partial charge is 0.255 e. The summed E-state index contributed by atoms with van der Waals surface area (Å²) in [6, 6.07) is 0. The first-order valence-electron chi connectivity index (χ1n) is 3.00. The number of allylic oxidation sites excluding steroid dienone is 1. The summed E-state index contributed by atoms with van der Waals surface area (Å²) in [4.78, 5) is 14.7. The molecule has 1 aliphatic rings. The molecular formula is C6H9N3O. The van der Waals surface area contributed by atoms with Crippen LogP contribution < -0.4 is 11.1 Å². The normalized spacial score (nSPS) is 22.3. The number of guanidine groups is 1. The maximum atomic E-state index is 10.9. The van der Waals surface area contributed by atoms with E-state index in [0.29, 0.717) is 12.1 Å². The Morgan fingerprint density at radius 1 is 1.80 bits per heavy atom. The van der Waals surface area contributed by atoms with Crippen LogP contribution in [0.1, 0.15) is 6.92 Å². The van der Waals surface area contributed by atoms with E-state index >= 15 is 0 Å². The molecule has 1 amide bonds.